The average Bonchev–Trinajstić information content (AvgIpc) is 3.63. The Morgan fingerprint density at radius 2 is 1.95 bits per heavy atom. The Hall–Kier alpha value is -3.75. The zero-order valence-corrected chi connectivity index (χ0v) is 21.5. The first-order valence-electron chi connectivity index (χ1n) is 12.3. The lowest BCUT2D eigenvalue weighted by Gasteiger charge is -2.23. The molecule has 8 heteroatoms. The molecule has 1 fully saturated rings. The summed E-state index contributed by atoms with van der Waals surface area (Å²) >= 11 is 1.55. The van der Waals surface area contributed by atoms with E-state index in [9.17, 15) is 4.79 Å². The number of amides is 1. The lowest BCUT2D eigenvalue weighted by atomic mass is 10.1. The van der Waals surface area contributed by atoms with Crippen LogP contribution in [0.5, 0.6) is 11.5 Å². The van der Waals surface area contributed by atoms with E-state index in [-0.39, 0.29) is 18.4 Å². The Labute approximate surface area is 220 Å². The van der Waals surface area contributed by atoms with Gasteiger partial charge in [-0.15, -0.1) is 11.3 Å². The standard InChI is InChI=1S/C29H29N3O4S/c1-34-27-14-21(9-10-26(27)36-25-11-13-35-19-25)17-32(18-22-6-5-12-30-16-22)28(33)15-24-20-37-29(31-24)23-7-3-2-4-8-23/h2-10,12,14,16,20,25H,11,13,15,17-19H2,1H3. The van der Waals surface area contributed by atoms with Crippen LogP contribution in [0.4, 0.5) is 0 Å². The molecule has 0 spiro atoms. The van der Waals surface area contributed by atoms with E-state index in [1.165, 1.54) is 0 Å². The number of pyridine rings is 1. The fraction of sp³-hybridized carbons (Fsp3) is 0.276. The highest BCUT2D eigenvalue weighted by Gasteiger charge is 2.21. The number of benzene rings is 2. The molecule has 190 valence electrons. The number of nitrogens with zero attached hydrogens (tertiary/aromatic N) is 3. The van der Waals surface area contributed by atoms with Gasteiger partial charge in [0, 0.05) is 42.8 Å². The minimum absolute atomic E-state index is 0.00355. The maximum Gasteiger partial charge on any atom is 0.229 e. The first kappa shape index (κ1) is 24.9. The van der Waals surface area contributed by atoms with Gasteiger partial charge in [-0.2, -0.15) is 0 Å². The fourth-order valence-electron chi connectivity index (χ4n) is 4.23. The van der Waals surface area contributed by atoms with Gasteiger partial charge in [0.05, 0.1) is 32.4 Å². The largest absolute Gasteiger partial charge is 0.493 e. The van der Waals surface area contributed by atoms with Crippen LogP contribution < -0.4 is 9.47 Å². The lowest BCUT2D eigenvalue weighted by molar-refractivity contribution is -0.131. The number of thiazole rings is 1. The van der Waals surface area contributed by atoms with Gasteiger partial charge in [-0.3, -0.25) is 9.78 Å². The number of carbonyl (C=O) groups is 1. The molecule has 3 heterocycles. The Morgan fingerprint density at radius 3 is 2.70 bits per heavy atom. The number of hydrogen-bond donors (Lipinski definition) is 0. The SMILES string of the molecule is COc1cc(CN(Cc2cccnc2)C(=O)Cc2csc(-c3ccccc3)n2)ccc1OC1CCOC1. The molecular weight excluding hydrogens is 486 g/mol. The van der Waals surface area contributed by atoms with Crippen molar-refractivity contribution in [2.45, 2.75) is 32.0 Å². The van der Waals surface area contributed by atoms with E-state index in [0.29, 0.717) is 37.8 Å². The van der Waals surface area contributed by atoms with Gasteiger partial charge in [0.2, 0.25) is 5.91 Å². The molecule has 7 nitrogen and oxygen atoms in total. The molecule has 1 atom stereocenters. The van der Waals surface area contributed by atoms with Crippen molar-refractivity contribution in [3.63, 3.8) is 0 Å². The van der Waals surface area contributed by atoms with Crippen molar-refractivity contribution < 1.29 is 19.0 Å². The smallest absolute Gasteiger partial charge is 0.229 e. The molecule has 1 aliphatic heterocycles. The van der Waals surface area contributed by atoms with Gasteiger partial charge in [0.1, 0.15) is 11.1 Å². The molecule has 1 saturated heterocycles. The van der Waals surface area contributed by atoms with Crippen molar-refractivity contribution in [1.82, 2.24) is 14.9 Å². The third-order valence-electron chi connectivity index (χ3n) is 6.14. The van der Waals surface area contributed by atoms with Crippen molar-refractivity contribution in [3.05, 3.63) is 95.3 Å². The van der Waals surface area contributed by atoms with Gasteiger partial charge in [0.25, 0.3) is 0 Å². The molecule has 0 radical (unpaired) electrons. The van der Waals surface area contributed by atoms with Gasteiger partial charge in [0.15, 0.2) is 11.5 Å². The van der Waals surface area contributed by atoms with Crippen LogP contribution in [-0.2, 0) is 29.0 Å². The van der Waals surface area contributed by atoms with Gasteiger partial charge in [-0.05, 0) is 29.3 Å². The lowest BCUT2D eigenvalue weighted by Crippen LogP contribution is -2.31. The average molecular weight is 516 g/mol. The summed E-state index contributed by atoms with van der Waals surface area (Å²) in [4.78, 5) is 24.3. The van der Waals surface area contributed by atoms with Crippen molar-refractivity contribution in [2.24, 2.45) is 0 Å². The van der Waals surface area contributed by atoms with Crippen molar-refractivity contribution >= 4 is 17.2 Å². The van der Waals surface area contributed by atoms with E-state index >= 15 is 0 Å². The molecule has 5 rings (SSSR count). The number of carbonyl (C=O) groups excluding carboxylic acids is 1. The highest BCUT2D eigenvalue weighted by Crippen LogP contribution is 2.31. The Morgan fingerprint density at radius 1 is 1.08 bits per heavy atom. The number of hydrogen-bond acceptors (Lipinski definition) is 7. The molecule has 2 aromatic carbocycles. The monoisotopic (exact) mass is 515 g/mol. The molecule has 1 aliphatic rings. The predicted octanol–water partition coefficient (Wildman–Crippen LogP) is 5.15. The molecule has 37 heavy (non-hydrogen) atoms. The first-order chi connectivity index (χ1) is 18.2. The van der Waals surface area contributed by atoms with Crippen molar-refractivity contribution in [3.8, 4) is 22.1 Å². The maximum atomic E-state index is 13.5. The van der Waals surface area contributed by atoms with Crippen LogP contribution in [0.2, 0.25) is 0 Å². The summed E-state index contributed by atoms with van der Waals surface area (Å²) in [5, 5.41) is 2.87. The van der Waals surface area contributed by atoms with E-state index in [1.54, 1.807) is 30.8 Å². The van der Waals surface area contributed by atoms with Crippen LogP contribution in [0.1, 0.15) is 23.2 Å². The molecular formula is C29H29N3O4S. The molecule has 2 aromatic heterocycles. The van der Waals surface area contributed by atoms with Crippen LogP contribution in [0, 0.1) is 0 Å². The molecule has 0 N–H and O–H groups in total. The van der Waals surface area contributed by atoms with Crippen LogP contribution in [0.25, 0.3) is 10.6 Å². The summed E-state index contributed by atoms with van der Waals surface area (Å²) in [6.45, 7) is 2.16. The third kappa shape index (κ3) is 6.53. The minimum Gasteiger partial charge on any atom is -0.493 e. The van der Waals surface area contributed by atoms with Gasteiger partial charge < -0.3 is 19.1 Å². The fourth-order valence-corrected chi connectivity index (χ4v) is 5.05. The molecule has 1 amide bonds. The summed E-state index contributed by atoms with van der Waals surface area (Å²) < 4.78 is 17.1. The molecule has 1 unspecified atom stereocenters. The second-order valence-corrected chi connectivity index (χ2v) is 9.74. The van der Waals surface area contributed by atoms with Crippen LogP contribution in [-0.4, -0.2) is 47.2 Å². The van der Waals surface area contributed by atoms with Crippen LogP contribution >= 0.6 is 11.3 Å². The normalized spacial score (nSPS) is 14.9. The molecule has 0 aliphatic carbocycles. The summed E-state index contributed by atoms with van der Waals surface area (Å²) in [5.41, 5.74) is 3.74. The summed E-state index contributed by atoms with van der Waals surface area (Å²) in [6.07, 6.45) is 4.64. The zero-order chi connectivity index (χ0) is 25.5. The van der Waals surface area contributed by atoms with Crippen LogP contribution in [0.3, 0.4) is 0 Å². The third-order valence-corrected chi connectivity index (χ3v) is 7.08. The van der Waals surface area contributed by atoms with Gasteiger partial charge in [-0.1, -0.05) is 42.5 Å². The molecule has 0 bridgehead atoms. The summed E-state index contributed by atoms with van der Waals surface area (Å²) in [5.74, 6) is 1.32. The van der Waals surface area contributed by atoms with Gasteiger partial charge in [-0.25, -0.2) is 4.98 Å². The maximum absolute atomic E-state index is 13.5. The van der Waals surface area contributed by atoms with E-state index in [2.05, 4.69) is 4.98 Å². The molecule has 4 aromatic rings. The Kier molecular flexibility index (Phi) is 8.08. The number of aromatic nitrogens is 2. The van der Waals surface area contributed by atoms with Gasteiger partial charge >= 0.3 is 0 Å². The second-order valence-electron chi connectivity index (χ2n) is 8.89. The van der Waals surface area contributed by atoms with E-state index in [0.717, 1.165) is 33.8 Å². The summed E-state index contributed by atoms with van der Waals surface area (Å²) in [7, 11) is 1.63. The van der Waals surface area contributed by atoms with Crippen LogP contribution in [0.15, 0.2) is 78.4 Å². The first-order valence-corrected chi connectivity index (χ1v) is 13.1. The quantitative estimate of drug-likeness (QED) is 0.291. The Bertz CT molecular complexity index is 1310. The van der Waals surface area contributed by atoms with E-state index in [1.807, 2.05) is 70.9 Å². The van der Waals surface area contributed by atoms with E-state index in [4.69, 9.17) is 19.2 Å². The van der Waals surface area contributed by atoms with E-state index < -0.39 is 0 Å². The predicted molar refractivity (Wildman–Crippen MR) is 143 cm³/mol. The number of ether oxygens (including phenoxy) is 3. The zero-order valence-electron chi connectivity index (χ0n) is 20.7. The van der Waals surface area contributed by atoms with Crippen molar-refractivity contribution in [2.75, 3.05) is 20.3 Å². The number of methoxy groups -OCH3 is 1. The Balaban J connectivity index is 1.33. The minimum atomic E-state index is -0.00355. The summed E-state index contributed by atoms with van der Waals surface area (Å²) in [6, 6.07) is 19.7. The second kappa shape index (κ2) is 12.0. The molecule has 0 saturated carbocycles. The number of rotatable bonds is 10. The highest BCUT2D eigenvalue weighted by molar-refractivity contribution is 7.13. The topological polar surface area (TPSA) is 73.8 Å². The highest BCUT2D eigenvalue weighted by atomic mass is 32.1. The van der Waals surface area contributed by atoms with Crippen molar-refractivity contribution in [1.29, 1.82) is 0 Å².